The predicted octanol–water partition coefficient (Wildman–Crippen LogP) is 1.64. The zero-order chi connectivity index (χ0) is 21.5. The molecule has 1 fully saturated rings. The first-order valence-corrected chi connectivity index (χ1v) is 10.0. The lowest BCUT2D eigenvalue weighted by Gasteiger charge is -2.21. The average molecular weight is 414 g/mol. The summed E-state index contributed by atoms with van der Waals surface area (Å²) < 4.78 is 12.8. The molecule has 3 rings (SSSR count). The van der Waals surface area contributed by atoms with E-state index >= 15 is 0 Å². The summed E-state index contributed by atoms with van der Waals surface area (Å²) in [5, 5.41) is 15.1. The molecule has 2 heterocycles. The molecule has 1 unspecified atom stereocenters. The molecule has 2 N–H and O–H groups in total. The number of methoxy groups -OCH3 is 2. The van der Waals surface area contributed by atoms with Crippen LogP contribution in [0.4, 0.5) is 5.69 Å². The minimum absolute atomic E-state index is 0.263. The Bertz CT molecular complexity index is 871. The van der Waals surface area contributed by atoms with Gasteiger partial charge in [-0.2, -0.15) is 0 Å². The second kappa shape index (κ2) is 10.00. The van der Waals surface area contributed by atoms with Crippen LogP contribution < -0.4 is 25.0 Å². The summed E-state index contributed by atoms with van der Waals surface area (Å²) in [6, 6.07) is 6.21. The van der Waals surface area contributed by atoms with Gasteiger partial charge in [-0.25, -0.2) is 4.99 Å². The molecule has 1 aliphatic heterocycles. The van der Waals surface area contributed by atoms with Crippen LogP contribution in [0.25, 0.3) is 0 Å². The van der Waals surface area contributed by atoms with Crippen molar-refractivity contribution in [2.75, 3.05) is 38.8 Å². The topological polar surface area (TPSA) is 88.8 Å². The molecule has 0 saturated carbocycles. The van der Waals surface area contributed by atoms with Crippen LogP contribution in [0.2, 0.25) is 0 Å². The van der Waals surface area contributed by atoms with Crippen molar-refractivity contribution >= 4 is 11.6 Å². The minimum atomic E-state index is 0.263. The monoisotopic (exact) mass is 413 g/mol. The molecule has 9 heteroatoms. The number of hydrogen-bond donors (Lipinski definition) is 2. The Labute approximate surface area is 177 Å². The van der Waals surface area contributed by atoms with Crippen molar-refractivity contribution < 1.29 is 9.47 Å². The zero-order valence-corrected chi connectivity index (χ0v) is 18.2. The van der Waals surface area contributed by atoms with E-state index < -0.39 is 0 Å². The lowest BCUT2D eigenvalue weighted by Crippen LogP contribution is -2.44. The van der Waals surface area contributed by atoms with Crippen LogP contribution in [0.5, 0.6) is 11.5 Å². The van der Waals surface area contributed by atoms with E-state index in [2.05, 4.69) is 37.3 Å². The zero-order valence-electron chi connectivity index (χ0n) is 18.2. The highest BCUT2D eigenvalue weighted by Gasteiger charge is 2.24. The van der Waals surface area contributed by atoms with Gasteiger partial charge in [0.25, 0.3) is 0 Å². The van der Waals surface area contributed by atoms with Crippen LogP contribution in [0.1, 0.15) is 18.1 Å². The number of hydrogen-bond acceptors (Lipinski definition) is 6. The lowest BCUT2D eigenvalue weighted by molar-refractivity contribution is 0.394. The van der Waals surface area contributed by atoms with Crippen LogP contribution in [0, 0.1) is 6.92 Å². The third kappa shape index (κ3) is 5.22. The molecule has 0 aliphatic carbocycles. The summed E-state index contributed by atoms with van der Waals surface area (Å²) in [4.78, 5) is 7.01. The van der Waals surface area contributed by atoms with Crippen molar-refractivity contribution in [2.45, 2.75) is 25.9 Å². The van der Waals surface area contributed by atoms with Gasteiger partial charge in [-0.05, 0) is 13.3 Å². The van der Waals surface area contributed by atoms with Crippen molar-refractivity contribution in [3.05, 3.63) is 42.5 Å². The highest BCUT2D eigenvalue weighted by atomic mass is 16.5. The Hall–Kier alpha value is -3.23. The van der Waals surface area contributed by atoms with Crippen LogP contribution >= 0.6 is 0 Å². The number of benzene rings is 1. The van der Waals surface area contributed by atoms with Crippen LogP contribution in [-0.4, -0.2) is 60.6 Å². The van der Waals surface area contributed by atoms with Crippen LogP contribution in [-0.2, 0) is 13.6 Å². The van der Waals surface area contributed by atoms with E-state index in [0.29, 0.717) is 13.1 Å². The number of nitrogens with zero attached hydrogens (tertiary/aromatic N) is 5. The summed E-state index contributed by atoms with van der Waals surface area (Å²) in [5.74, 6) is 4.01. The Morgan fingerprint density at radius 1 is 1.27 bits per heavy atom. The largest absolute Gasteiger partial charge is 0.497 e. The van der Waals surface area contributed by atoms with E-state index in [4.69, 9.17) is 9.47 Å². The predicted molar refractivity (Wildman–Crippen MR) is 118 cm³/mol. The SMILES string of the molecule is C=CCNC(=NCc1nnc(C)n1C)NC1CCN(c2cc(OC)cc(OC)c2)C1. The first-order chi connectivity index (χ1) is 14.5. The van der Waals surface area contributed by atoms with Gasteiger partial charge in [0, 0.05) is 56.6 Å². The smallest absolute Gasteiger partial charge is 0.192 e. The van der Waals surface area contributed by atoms with Gasteiger partial charge in [0.05, 0.1) is 14.2 Å². The number of aliphatic imine (C=N–C) groups is 1. The summed E-state index contributed by atoms with van der Waals surface area (Å²) in [5.41, 5.74) is 1.09. The molecule has 1 aromatic heterocycles. The summed E-state index contributed by atoms with van der Waals surface area (Å²) in [6.07, 6.45) is 2.81. The Morgan fingerprint density at radius 3 is 2.60 bits per heavy atom. The van der Waals surface area contributed by atoms with Crippen LogP contribution in [0.3, 0.4) is 0 Å². The molecule has 2 aromatic rings. The second-order valence-electron chi connectivity index (χ2n) is 7.20. The van der Waals surface area contributed by atoms with Gasteiger partial charge in [-0.3, -0.25) is 0 Å². The van der Waals surface area contributed by atoms with Gasteiger partial charge < -0.3 is 29.6 Å². The fourth-order valence-electron chi connectivity index (χ4n) is 3.34. The van der Waals surface area contributed by atoms with Crippen LogP contribution in [0.15, 0.2) is 35.8 Å². The molecule has 1 saturated heterocycles. The van der Waals surface area contributed by atoms with Crippen molar-refractivity contribution in [3.8, 4) is 11.5 Å². The maximum atomic E-state index is 5.40. The van der Waals surface area contributed by atoms with Gasteiger partial charge in [-0.15, -0.1) is 16.8 Å². The van der Waals surface area contributed by atoms with Crippen molar-refractivity contribution in [1.29, 1.82) is 0 Å². The number of aryl methyl sites for hydroxylation is 1. The third-order valence-corrected chi connectivity index (χ3v) is 5.21. The van der Waals surface area contributed by atoms with Gasteiger partial charge in [0.2, 0.25) is 0 Å². The fourth-order valence-corrected chi connectivity index (χ4v) is 3.34. The van der Waals surface area contributed by atoms with Crippen molar-refractivity contribution in [2.24, 2.45) is 12.0 Å². The molecular weight excluding hydrogens is 382 g/mol. The maximum absolute atomic E-state index is 5.40. The molecule has 1 aliphatic rings. The first-order valence-electron chi connectivity index (χ1n) is 10.0. The van der Waals surface area contributed by atoms with E-state index in [1.807, 2.05) is 42.8 Å². The Balaban J connectivity index is 1.66. The van der Waals surface area contributed by atoms with E-state index in [1.54, 1.807) is 14.2 Å². The number of rotatable bonds is 8. The second-order valence-corrected chi connectivity index (χ2v) is 7.20. The number of guanidine groups is 1. The number of nitrogens with one attached hydrogen (secondary N) is 2. The third-order valence-electron chi connectivity index (χ3n) is 5.21. The molecule has 162 valence electrons. The molecule has 0 radical (unpaired) electrons. The molecule has 1 aromatic carbocycles. The van der Waals surface area contributed by atoms with E-state index in [1.165, 1.54) is 0 Å². The van der Waals surface area contributed by atoms with Crippen molar-refractivity contribution in [3.63, 3.8) is 0 Å². The standard InChI is InChI=1S/C21H31N7O2/c1-6-8-22-21(23-13-20-26-25-15(2)27(20)3)24-16-7-9-28(14-16)17-10-18(29-4)12-19(11-17)30-5/h6,10-12,16H,1,7-9,13-14H2,2-5H3,(H2,22,23,24). The van der Waals surface area contributed by atoms with Crippen molar-refractivity contribution in [1.82, 2.24) is 25.4 Å². The Morgan fingerprint density at radius 2 is 2.00 bits per heavy atom. The summed E-state index contributed by atoms with van der Waals surface area (Å²) in [7, 11) is 5.28. The highest BCUT2D eigenvalue weighted by molar-refractivity contribution is 5.80. The van der Waals surface area contributed by atoms with Gasteiger partial charge >= 0.3 is 0 Å². The van der Waals surface area contributed by atoms with Gasteiger partial charge in [-0.1, -0.05) is 6.08 Å². The van der Waals surface area contributed by atoms with Gasteiger partial charge in [0.15, 0.2) is 11.8 Å². The lowest BCUT2D eigenvalue weighted by atomic mass is 10.2. The molecule has 0 spiro atoms. The summed E-state index contributed by atoms with van der Waals surface area (Å²) in [6.45, 7) is 8.58. The van der Waals surface area contributed by atoms with E-state index in [9.17, 15) is 0 Å². The Kier molecular flexibility index (Phi) is 7.16. The first kappa shape index (κ1) is 21.5. The quantitative estimate of drug-likeness (QED) is 0.386. The minimum Gasteiger partial charge on any atom is -0.497 e. The maximum Gasteiger partial charge on any atom is 0.192 e. The highest BCUT2D eigenvalue weighted by Crippen LogP contribution is 2.30. The molecule has 9 nitrogen and oxygen atoms in total. The number of anilines is 1. The molecule has 1 atom stereocenters. The van der Waals surface area contributed by atoms with E-state index in [-0.39, 0.29) is 6.04 Å². The van der Waals surface area contributed by atoms with E-state index in [0.717, 1.165) is 54.3 Å². The fraction of sp³-hybridized carbons (Fsp3) is 0.476. The molecule has 30 heavy (non-hydrogen) atoms. The number of ether oxygens (including phenoxy) is 2. The average Bonchev–Trinajstić information content (AvgIpc) is 3.36. The molecular formula is C21H31N7O2. The normalized spacial score (nSPS) is 16.5. The van der Waals surface area contributed by atoms with Gasteiger partial charge in [0.1, 0.15) is 23.9 Å². The molecule has 0 amide bonds. The summed E-state index contributed by atoms with van der Waals surface area (Å²) >= 11 is 0. The molecule has 0 bridgehead atoms. The number of aromatic nitrogens is 3.